The third kappa shape index (κ3) is 6.36. The molecule has 0 saturated heterocycles. The van der Waals surface area contributed by atoms with E-state index in [9.17, 15) is 9.59 Å². The van der Waals surface area contributed by atoms with Crippen LogP contribution in [0.1, 0.15) is 67.5 Å². The summed E-state index contributed by atoms with van der Waals surface area (Å²) in [4.78, 5) is 25.9. The predicted molar refractivity (Wildman–Crippen MR) is 112 cm³/mol. The largest absolute Gasteiger partial charge is 0.464 e. The Labute approximate surface area is 180 Å². The Morgan fingerprint density at radius 1 is 1.23 bits per heavy atom. The number of unbranched alkanes of at least 4 members (excludes halogenated alkanes) is 3. The first-order valence-corrected chi connectivity index (χ1v) is 11.2. The van der Waals surface area contributed by atoms with Gasteiger partial charge in [-0.25, -0.2) is 9.59 Å². The van der Waals surface area contributed by atoms with Crippen LogP contribution in [0.15, 0.2) is 28.9 Å². The van der Waals surface area contributed by atoms with E-state index in [1.807, 2.05) is 0 Å². The molecule has 2 aromatic rings. The smallest absolute Gasteiger partial charge is 0.412 e. The number of nitrogens with zero attached hydrogens (tertiary/aromatic N) is 1. The Morgan fingerprint density at radius 2 is 2.07 bits per heavy atom. The second kappa shape index (κ2) is 11.4. The van der Waals surface area contributed by atoms with Gasteiger partial charge in [0, 0.05) is 19.0 Å². The first kappa shape index (κ1) is 21.9. The van der Waals surface area contributed by atoms with Crippen LogP contribution in [0, 0.1) is 11.3 Å². The van der Waals surface area contributed by atoms with Crippen molar-refractivity contribution in [2.24, 2.45) is 0 Å². The van der Waals surface area contributed by atoms with Crippen LogP contribution in [0.25, 0.3) is 10.6 Å². The van der Waals surface area contributed by atoms with Gasteiger partial charge in [-0.3, -0.25) is 0 Å². The maximum atomic E-state index is 12.8. The second-order valence-corrected chi connectivity index (χ2v) is 8.28. The van der Waals surface area contributed by atoms with Crippen molar-refractivity contribution in [1.29, 1.82) is 5.26 Å². The maximum absolute atomic E-state index is 12.8. The van der Waals surface area contributed by atoms with Gasteiger partial charge in [0.05, 0.1) is 17.2 Å². The van der Waals surface area contributed by atoms with Gasteiger partial charge in [-0.2, -0.15) is 5.26 Å². The molecule has 30 heavy (non-hydrogen) atoms. The third-order valence-corrected chi connectivity index (χ3v) is 6.02. The molecule has 1 N–H and O–H groups in total. The summed E-state index contributed by atoms with van der Waals surface area (Å²) in [5, 5.41) is 11.2. The van der Waals surface area contributed by atoms with E-state index in [0.29, 0.717) is 23.6 Å². The van der Waals surface area contributed by atoms with Crippen LogP contribution >= 0.6 is 11.3 Å². The van der Waals surface area contributed by atoms with Gasteiger partial charge < -0.3 is 19.2 Å². The summed E-state index contributed by atoms with van der Waals surface area (Å²) < 4.78 is 16.5. The molecule has 0 aliphatic heterocycles. The number of ether oxygens (including phenoxy) is 2. The number of esters is 1. The molecular formula is C22H26N2O5S. The summed E-state index contributed by atoms with van der Waals surface area (Å²) in [6, 6.07) is 7.27. The van der Waals surface area contributed by atoms with E-state index in [1.165, 1.54) is 17.8 Å². The van der Waals surface area contributed by atoms with Crippen molar-refractivity contribution < 1.29 is 23.5 Å². The number of hydrogen-bond donors (Lipinski definition) is 1. The number of nitrogens with one attached hydrogen (secondary N) is 1. The van der Waals surface area contributed by atoms with E-state index in [1.54, 1.807) is 24.5 Å². The summed E-state index contributed by atoms with van der Waals surface area (Å²) in [7, 11) is 0. The van der Waals surface area contributed by atoms with Gasteiger partial charge in [0.2, 0.25) is 0 Å². The molecule has 0 aromatic carbocycles. The Hall–Kier alpha value is -2.79. The summed E-state index contributed by atoms with van der Waals surface area (Å²) >= 11 is 1.19. The van der Waals surface area contributed by atoms with E-state index in [2.05, 4.69) is 11.4 Å². The minimum absolute atomic E-state index is 0.0875. The lowest BCUT2D eigenvalue weighted by molar-refractivity contribution is 0.0214. The van der Waals surface area contributed by atoms with Gasteiger partial charge in [0.25, 0.3) is 0 Å². The van der Waals surface area contributed by atoms with Gasteiger partial charge in [-0.05, 0) is 50.7 Å². The predicted octanol–water partition coefficient (Wildman–Crippen LogP) is 5.67. The van der Waals surface area contributed by atoms with Crippen LogP contribution in [0.4, 0.5) is 4.79 Å². The van der Waals surface area contributed by atoms with E-state index < -0.39 is 12.1 Å². The van der Waals surface area contributed by atoms with Crippen molar-refractivity contribution in [2.75, 3.05) is 6.54 Å². The number of rotatable bonds is 9. The summed E-state index contributed by atoms with van der Waals surface area (Å²) in [6.07, 6.45) is 8.79. The van der Waals surface area contributed by atoms with Crippen LogP contribution in [0.5, 0.6) is 5.75 Å². The van der Waals surface area contributed by atoms with E-state index in [4.69, 9.17) is 19.2 Å². The first-order chi connectivity index (χ1) is 14.7. The Bertz CT molecular complexity index is 863. The summed E-state index contributed by atoms with van der Waals surface area (Å²) in [5.41, 5.74) is 0. The van der Waals surface area contributed by atoms with Crippen molar-refractivity contribution in [3.05, 3.63) is 29.3 Å². The standard InChI is InChI=1S/C22H26N2O5S/c23-12-6-1-2-7-13-24-22(26)29-18-15-19(17-11-8-14-27-17)30-20(18)21(25)28-16-9-4-3-5-10-16/h8,11,14-16H,1-7,9-10,13H2,(H,24,26). The highest BCUT2D eigenvalue weighted by Gasteiger charge is 2.26. The lowest BCUT2D eigenvalue weighted by Crippen LogP contribution is -2.28. The molecule has 0 atom stereocenters. The fourth-order valence-electron chi connectivity index (χ4n) is 3.35. The van der Waals surface area contributed by atoms with Gasteiger partial charge >= 0.3 is 12.1 Å². The van der Waals surface area contributed by atoms with Crippen molar-refractivity contribution in [1.82, 2.24) is 5.32 Å². The zero-order chi connectivity index (χ0) is 21.2. The highest BCUT2D eigenvalue weighted by molar-refractivity contribution is 7.17. The number of carbonyl (C=O) groups is 2. The highest BCUT2D eigenvalue weighted by Crippen LogP contribution is 2.37. The lowest BCUT2D eigenvalue weighted by atomic mass is 9.98. The highest BCUT2D eigenvalue weighted by atomic mass is 32.1. The summed E-state index contributed by atoms with van der Waals surface area (Å²) in [6.45, 7) is 0.446. The lowest BCUT2D eigenvalue weighted by Gasteiger charge is -2.21. The van der Waals surface area contributed by atoms with E-state index >= 15 is 0 Å². The normalized spacial score (nSPS) is 14.1. The van der Waals surface area contributed by atoms with Gasteiger partial charge in [0.1, 0.15) is 11.9 Å². The average Bonchev–Trinajstić information content (AvgIpc) is 3.41. The van der Waals surface area contributed by atoms with Crippen molar-refractivity contribution in [2.45, 2.75) is 63.9 Å². The van der Waals surface area contributed by atoms with E-state index in [-0.39, 0.29) is 16.7 Å². The van der Waals surface area contributed by atoms with Crippen LogP contribution in [-0.4, -0.2) is 24.7 Å². The average molecular weight is 431 g/mol. The molecule has 2 aromatic heterocycles. The fraction of sp³-hybridized carbons (Fsp3) is 0.500. The molecule has 160 valence electrons. The minimum Gasteiger partial charge on any atom is -0.464 e. The molecule has 3 rings (SSSR count). The zero-order valence-electron chi connectivity index (χ0n) is 16.9. The Kier molecular flexibility index (Phi) is 8.33. The SMILES string of the molecule is N#CCCCCCNC(=O)Oc1cc(-c2ccco2)sc1C(=O)OC1CCCCC1. The molecule has 7 nitrogen and oxygen atoms in total. The Morgan fingerprint density at radius 3 is 2.80 bits per heavy atom. The topological polar surface area (TPSA) is 102 Å². The summed E-state index contributed by atoms with van der Waals surface area (Å²) in [5.74, 6) is 0.303. The molecular weight excluding hydrogens is 404 g/mol. The monoisotopic (exact) mass is 430 g/mol. The number of thiophene rings is 1. The number of furan rings is 1. The molecule has 1 saturated carbocycles. The quantitative estimate of drug-likeness (QED) is 0.406. The van der Waals surface area contributed by atoms with Crippen LogP contribution in [0.2, 0.25) is 0 Å². The van der Waals surface area contributed by atoms with Gasteiger partial charge in [-0.15, -0.1) is 11.3 Å². The molecule has 0 radical (unpaired) electrons. The molecule has 0 unspecified atom stereocenters. The van der Waals surface area contributed by atoms with Gasteiger partial charge in [0.15, 0.2) is 10.6 Å². The molecule has 1 aliphatic carbocycles. The number of amides is 1. The number of nitriles is 1. The first-order valence-electron chi connectivity index (χ1n) is 10.4. The van der Waals surface area contributed by atoms with Crippen LogP contribution in [-0.2, 0) is 4.74 Å². The fourth-order valence-corrected chi connectivity index (χ4v) is 4.29. The van der Waals surface area contributed by atoms with Crippen LogP contribution < -0.4 is 10.1 Å². The molecule has 1 aliphatic rings. The molecule has 8 heteroatoms. The van der Waals surface area contributed by atoms with Crippen molar-refractivity contribution in [3.8, 4) is 22.5 Å². The molecule has 1 amide bonds. The second-order valence-electron chi connectivity index (χ2n) is 7.23. The number of hydrogen-bond acceptors (Lipinski definition) is 7. The Balaban J connectivity index is 1.63. The molecule has 0 bridgehead atoms. The van der Waals surface area contributed by atoms with Crippen LogP contribution in [0.3, 0.4) is 0 Å². The minimum atomic E-state index is -0.620. The third-order valence-electron chi connectivity index (χ3n) is 4.91. The zero-order valence-corrected chi connectivity index (χ0v) is 17.7. The number of carbonyl (C=O) groups excluding carboxylic acids is 2. The van der Waals surface area contributed by atoms with E-state index in [0.717, 1.165) is 44.9 Å². The van der Waals surface area contributed by atoms with Gasteiger partial charge in [-0.1, -0.05) is 12.8 Å². The van der Waals surface area contributed by atoms with Crippen molar-refractivity contribution in [3.63, 3.8) is 0 Å². The molecule has 0 spiro atoms. The molecule has 1 fully saturated rings. The molecule has 2 heterocycles. The maximum Gasteiger partial charge on any atom is 0.412 e. The van der Waals surface area contributed by atoms with Crippen molar-refractivity contribution >= 4 is 23.4 Å².